The van der Waals surface area contributed by atoms with Crippen LogP contribution in [0.25, 0.3) is 0 Å². The molecular formula is C11H22N2O2. The highest BCUT2D eigenvalue weighted by molar-refractivity contribution is 5.76. The van der Waals surface area contributed by atoms with Crippen molar-refractivity contribution in [1.82, 2.24) is 10.2 Å². The van der Waals surface area contributed by atoms with Crippen LogP contribution in [0.3, 0.4) is 0 Å². The van der Waals surface area contributed by atoms with E-state index in [4.69, 9.17) is 5.11 Å². The van der Waals surface area contributed by atoms with Gasteiger partial charge >= 0.3 is 0 Å². The maximum Gasteiger partial charge on any atom is 0.223 e. The second kappa shape index (κ2) is 6.08. The summed E-state index contributed by atoms with van der Waals surface area (Å²) in [5.74, 6) is 0.121. The SMILES string of the molecule is CC(O)CN(C)C(=O)CC1CCCCN1. The predicted octanol–water partition coefficient (Wildman–Crippen LogP) is 0.358. The van der Waals surface area contributed by atoms with E-state index in [1.165, 1.54) is 12.8 Å². The van der Waals surface area contributed by atoms with Crippen LogP contribution in [0.1, 0.15) is 32.6 Å². The van der Waals surface area contributed by atoms with Crippen molar-refractivity contribution >= 4 is 5.91 Å². The minimum absolute atomic E-state index is 0.121. The summed E-state index contributed by atoms with van der Waals surface area (Å²) in [5, 5.41) is 12.5. The van der Waals surface area contributed by atoms with E-state index in [9.17, 15) is 4.79 Å². The van der Waals surface area contributed by atoms with E-state index in [1.807, 2.05) is 0 Å². The maximum absolute atomic E-state index is 11.7. The van der Waals surface area contributed by atoms with Crippen molar-refractivity contribution in [1.29, 1.82) is 0 Å². The third-order valence-electron chi connectivity index (χ3n) is 2.80. The maximum atomic E-state index is 11.7. The van der Waals surface area contributed by atoms with E-state index >= 15 is 0 Å². The van der Waals surface area contributed by atoms with Crippen LogP contribution in [0, 0.1) is 0 Å². The number of rotatable bonds is 4. The fourth-order valence-electron chi connectivity index (χ4n) is 1.96. The van der Waals surface area contributed by atoms with Crippen LogP contribution in [0.5, 0.6) is 0 Å². The van der Waals surface area contributed by atoms with Gasteiger partial charge in [0.2, 0.25) is 5.91 Å². The van der Waals surface area contributed by atoms with Crippen LogP contribution in [0.4, 0.5) is 0 Å². The third kappa shape index (κ3) is 4.62. The van der Waals surface area contributed by atoms with Crippen LogP contribution in [0.15, 0.2) is 0 Å². The number of piperidine rings is 1. The van der Waals surface area contributed by atoms with Crippen molar-refractivity contribution in [2.75, 3.05) is 20.1 Å². The van der Waals surface area contributed by atoms with E-state index in [0.29, 0.717) is 19.0 Å². The zero-order valence-electron chi connectivity index (χ0n) is 9.70. The molecule has 0 bridgehead atoms. The molecule has 0 aliphatic carbocycles. The Morgan fingerprint density at radius 1 is 1.60 bits per heavy atom. The molecule has 1 aliphatic heterocycles. The molecule has 1 saturated heterocycles. The molecule has 2 N–H and O–H groups in total. The van der Waals surface area contributed by atoms with Crippen LogP contribution in [0.2, 0.25) is 0 Å². The number of aliphatic hydroxyl groups is 1. The van der Waals surface area contributed by atoms with Crippen molar-refractivity contribution in [3.05, 3.63) is 0 Å². The Balaban J connectivity index is 2.27. The molecule has 1 fully saturated rings. The van der Waals surface area contributed by atoms with E-state index in [1.54, 1.807) is 18.9 Å². The first kappa shape index (κ1) is 12.5. The Morgan fingerprint density at radius 2 is 2.33 bits per heavy atom. The van der Waals surface area contributed by atoms with Crippen LogP contribution < -0.4 is 5.32 Å². The number of amides is 1. The van der Waals surface area contributed by atoms with Gasteiger partial charge in [0.15, 0.2) is 0 Å². The monoisotopic (exact) mass is 214 g/mol. The molecule has 0 saturated carbocycles. The Hall–Kier alpha value is -0.610. The van der Waals surface area contributed by atoms with Crippen LogP contribution in [-0.4, -0.2) is 48.2 Å². The molecular weight excluding hydrogens is 192 g/mol. The van der Waals surface area contributed by atoms with Gasteiger partial charge in [-0.15, -0.1) is 0 Å². The molecule has 2 atom stereocenters. The minimum atomic E-state index is -0.446. The van der Waals surface area contributed by atoms with Gasteiger partial charge in [0.1, 0.15) is 0 Å². The molecule has 2 unspecified atom stereocenters. The van der Waals surface area contributed by atoms with Crippen molar-refractivity contribution in [2.24, 2.45) is 0 Å². The van der Waals surface area contributed by atoms with Crippen molar-refractivity contribution in [3.63, 3.8) is 0 Å². The van der Waals surface area contributed by atoms with Crippen molar-refractivity contribution < 1.29 is 9.90 Å². The predicted molar refractivity (Wildman–Crippen MR) is 59.6 cm³/mol. The average molecular weight is 214 g/mol. The number of nitrogens with one attached hydrogen (secondary N) is 1. The lowest BCUT2D eigenvalue weighted by atomic mass is 10.0. The van der Waals surface area contributed by atoms with Gasteiger partial charge in [0.25, 0.3) is 0 Å². The first-order valence-corrected chi connectivity index (χ1v) is 5.75. The Labute approximate surface area is 91.6 Å². The Kier molecular flexibility index (Phi) is 5.05. The Morgan fingerprint density at radius 3 is 2.87 bits per heavy atom. The molecule has 1 heterocycles. The van der Waals surface area contributed by atoms with Crippen molar-refractivity contribution in [3.8, 4) is 0 Å². The van der Waals surface area contributed by atoms with Gasteiger partial charge in [-0.3, -0.25) is 4.79 Å². The average Bonchev–Trinajstić information content (AvgIpc) is 2.18. The van der Waals surface area contributed by atoms with Gasteiger partial charge in [0, 0.05) is 26.1 Å². The Bertz CT molecular complexity index is 201. The summed E-state index contributed by atoms with van der Waals surface area (Å²) in [5.41, 5.74) is 0. The number of nitrogens with zero attached hydrogens (tertiary/aromatic N) is 1. The highest BCUT2D eigenvalue weighted by atomic mass is 16.3. The standard InChI is InChI=1S/C11H22N2O2/c1-9(14)8-13(2)11(15)7-10-5-3-4-6-12-10/h9-10,12,14H,3-8H2,1-2H3. The van der Waals surface area contributed by atoms with Gasteiger partial charge < -0.3 is 15.3 Å². The number of carbonyl (C=O) groups excluding carboxylic acids is 1. The summed E-state index contributed by atoms with van der Waals surface area (Å²) in [6.07, 6.45) is 3.63. The van der Waals surface area contributed by atoms with E-state index in [2.05, 4.69) is 5.32 Å². The molecule has 0 aromatic carbocycles. The second-order valence-electron chi connectivity index (χ2n) is 4.47. The summed E-state index contributed by atoms with van der Waals surface area (Å²) in [6, 6.07) is 0.336. The van der Waals surface area contributed by atoms with E-state index in [-0.39, 0.29) is 5.91 Å². The van der Waals surface area contributed by atoms with Gasteiger partial charge in [-0.2, -0.15) is 0 Å². The fraction of sp³-hybridized carbons (Fsp3) is 0.909. The molecule has 0 aromatic rings. The number of hydrogen-bond acceptors (Lipinski definition) is 3. The highest BCUT2D eigenvalue weighted by Gasteiger charge is 2.19. The van der Waals surface area contributed by atoms with Crippen molar-refractivity contribution in [2.45, 2.75) is 44.8 Å². The molecule has 0 radical (unpaired) electrons. The first-order chi connectivity index (χ1) is 7.09. The van der Waals surface area contributed by atoms with Gasteiger partial charge in [0.05, 0.1) is 6.10 Å². The quantitative estimate of drug-likeness (QED) is 0.710. The molecule has 0 spiro atoms. The zero-order valence-corrected chi connectivity index (χ0v) is 9.70. The number of carbonyl (C=O) groups is 1. The molecule has 4 heteroatoms. The molecule has 0 aromatic heterocycles. The smallest absolute Gasteiger partial charge is 0.223 e. The molecule has 88 valence electrons. The van der Waals surface area contributed by atoms with E-state index in [0.717, 1.165) is 13.0 Å². The lowest BCUT2D eigenvalue weighted by molar-refractivity contribution is -0.131. The summed E-state index contributed by atoms with van der Waals surface area (Å²) in [7, 11) is 1.75. The largest absolute Gasteiger partial charge is 0.392 e. The molecule has 15 heavy (non-hydrogen) atoms. The minimum Gasteiger partial charge on any atom is -0.392 e. The summed E-state index contributed by atoms with van der Waals surface area (Å²) >= 11 is 0. The summed E-state index contributed by atoms with van der Waals surface area (Å²) in [6.45, 7) is 3.15. The van der Waals surface area contributed by atoms with Gasteiger partial charge in [-0.25, -0.2) is 0 Å². The topological polar surface area (TPSA) is 52.6 Å². The van der Waals surface area contributed by atoms with Gasteiger partial charge in [-0.1, -0.05) is 6.42 Å². The molecule has 1 rings (SSSR count). The number of aliphatic hydroxyl groups excluding tert-OH is 1. The summed E-state index contributed by atoms with van der Waals surface area (Å²) < 4.78 is 0. The molecule has 1 amide bonds. The highest BCUT2D eigenvalue weighted by Crippen LogP contribution is 2.11. The molecule has 4 nitrogen and oxygen atoms in total. The molecule has 1 aliphatic rings. The second-order valence-corrected chi connectivity index (χ2v) is 4.47. The lowest BCUT2D eigenvalue weighted by Crippen LogP contribution is -2.40. The van der Waals surface area contributed by atoms with Gasteiger partial charge in [-0.05, 0) is 26.3 Å². The fourth-order valence-corrected chi connectivity index (χ4v) is 1.96. The van der Waals surface area contributed by atoms with Crippen LogP contribution in [-0.2, 0) is 4.79 Å². The number of hydrogen-bond donors (Lipinski definition) is 2. The van der Waals surface area contributed by atoms with E-state index < -0.39 is 6.10 Å². The van der Waals surface area contributed by atoms with Crippen LogP contribution >= 0.6 is 0 Å². The normalized spacial score (nSPS) is 23.5. The summed E-state index contributed by atoms with van der Waals surface area (Å²) in [4.78, 5) is 13.3. The zero-order chi connectivity index (χ0) is 11.3. The number of likely N-dealkylation sites (N-methyl/N-ethyl adjacent to an activating group) is 1. The third-order valence-corrected chi connectivity index (χ3v) is 2.80. The first-order valence-electron chi connectivity index (χ1n) is 5.75. The lowest BCUT2D eigenvalue weighted by Gasteiger charge is -2.26.